The maximum Gasteiger partial charge on any atom is 0.266 e. The fourth-order valence-corrected chi connectivity index (χ4v) is 3.65. The number of aliphatic hydroxyl groups is 1. The monoisotopic (exact) mass is 335 g/mol. The van der Waals surface area contributed by atoms with Crippen molar-refractivity contribution >= 4 is 17.2 Å². The number of H-pyrrole nitrogens is 2. The van der Waals surface area contributed by atoms with Crippen LogP contribution in [-0.4, -0.2) is 27.3 Å². The van der Waals surface area contributed by atoms with Crippen molar-refractivity contribution in [1.82, 2.24) is 15.5 Å². The molecule has 1 aliphatic rings. The fraction of sp³-hybridized carbons (Fsp3) is 0.400. The highest BCUT2D eigenvalue weighted by atomic mass is 32.1. The zero-order valence-corrected chi connectivity index (χ0v) is 13.1. The van der Waals surface area contributed by atoms with Crippen LogP contribution < -0.4 is 16.4 Å². The third-order valence-electron chi connectivity index (χ3n) is 4.03. The molecular weight excluding hydrogens is 318 g/mol. The number of aromatic nitrogens is 2. The lowest BCUT2D eigenvalue weighted by molar-refractivity contribution is -0.122. The number of amides is 1. The molecule has 1 aliphatic carbocycles. The lowest BCUT2D eigenvalue weighted by Gasteiger charge is -2.37. The Kier molecular flexibility index (Phi) is 4.44. The van der Waals surface area contributed by atoms with Crippen LogP contribution in [0.2, 0.25) is 0 Å². The minimum absolute atomic E-state index is 0.129. The minimum atomic E-state index is -0.480. The molecule has 0 radical (unpaired) electrons. The van der Waals surface area contributed by atoms with Gasteiger partial charge in [-0.15, -0.1) is 11.3 Å². The maximum absolute atomic E-state index is 12.3. The lowest BCUT2D eigenvalue weighted by atomic mass is 9.76. The highest BCUT2D eigenvalue weighted by molar-refractivity contribution is 7.10. The summed E-state index contributed by atoms with van der Waals surface area (Å²) < 4.78 is 0. The molecule has 0 aromatic carbocycles. The first-order valence-electron chi connectivity index (χ1n) is 7.34. The molecule has 0 bridgehead atoms. The molecule has 0 unspecified atom stereocenters. The summed E-state index contributed by atoms with van der Waals surface area (Å²) in [6.45, 7) is 0. The number of carbonyl (C=O) groups excluding carboxylic acids is 1. The predicted octanol–water partition coefficient (Wildman–Crippen LogP) is 0.296. The van der Waals surface area contributed by atoms with E-state index < -0.39 is 11.1 Å². The number of aliphatic hydroxyl groups excluding tert-OH is 1. The van der Waals surface area contributed by atoms with Crippen LogP contribution in [0, 0.1) is 5.92 Å². The molecule has 1 saturated carbocycles. The number of carbonyl (C=O) groups is 1. The third-order valence-corrected chi connectivity index (χ3v) is 4.99. The van der Waals surface area contributed by atoms with Crippen LogP contribution in [0.25, 0.3) is 0 Å². The van der Waals surface area contributed by atoms with E-state index in [1.807, 2.05) is 17.5 Å². The van der Waals surface area contributed by atoms with Gasteiger partial charge in [0.25, 0.3) is 11.1 Å². The Labute approximate surface area is 135 Å². The lowest BCUT2D eigenvalue weighted by Crippen LogP contribution is -2.42. The fourth-order valence-electron chi connectivity index (χ4n) is 2.78. The largest absolute Gasteiger partial charge is 0.393 e. The molecule has 1 atom stereocenters. The van der Waals surface area contributed by atoms with Gasteiger partial charge in [0.2, 0.25) is 5.91 Å². The number of rotatable bonds is 5. The number of aromatic amines is 2. The Bertz CT molecular complexity index is 790. The molecule has 23 heavy (non-hydrogen) atoms. The van der Waals surface area contributed by atoms with E-state index in [1.54, 1.807) is 11.3 Å². The molecule has 2 heterocycles. The van der Waals surface area contributed by atoms with Crippen LogP contribution >= 0.6 is 11.3 Å². The summed E-state index contributed by atoms with van der Waals surface area (Å²) in [4.78, 5) is 36.2. The van der Waals surface area contributed by atoms with Gasteiger partial charge in [0.05, 0.1) is 18.6 Å². The SMILES string of the molecule is O=C(Cc1cc(=O)[nH][nH]c1=O)N[C@H](c1cccs1)C1CC(O)C1. The quantitative estimate of drug-likeness (QED) is 0.629. The van der Waals surface area contributed by atoms with E-state index >= 15 is 0 Å². The Hall–Kier alpha value is -2.19. The first kappa shape index (κ1) is 15.7. The summed E-state index contributed by atoms with van der Waals surface area (Å²) in [5.74, 6) is -0.133. The van der Waals surface area contributed by atoms with E-state index in [0.717, 1.165) is 10.9 Å². The van der Waals surface area contributed by atoms with Crippen molar-refractivity contribution in [3.05, 3.63) is 54.7 Å². The smallest absolute Gasteiger partial charge is 0.266 e. The van der Waals surface area contributed by atoms with E-state index in [-0.39, 0.29) is 36.0 Å². The Morgan fingerprint density at radius 3 is 2.83 bits per heavy atom. The second-order valence-corrected chi connectivity index (χ2v) is 6.71. The Balaban J connectivity index is 1.72. The molecule has 0 saturated heterocycles. The molecule has 2 aromatic rings. The summed E-state index contributed by atoms with van der Waals surface area (Å²) in [5, 5.41) is 18.7. The van der Waals surface area contributed by atoms with Gasteiger partial charge < -0.3 is 10.4 Å². The predicted molar refractivity (Wildman–Crippen MR) is 85.3 cm³/mol. The number of hydrogen-bond acceptors (Lipinski definition) is 5. The second kappa shape index (κ2) is 6.51. The minimum Gasteiger partial charge on any atom is -0.393 e. The van der Waals surface area contributed by atoms with Crippen LogP contribution in [-0.2, 0) is 11.2 Å². The molecule has 3 rings (SSSR count). The van der Waals surface area contributed by atoms with Gasteiger partial charge in [0.15, 0.2) is 0 Å². The van der Waals surface area contributed by atoms with Crippen molar-refractivity contribution in [3.63, 3.8) is 0 Å². The molecule has 122 valence electrons. The summed E-state index contributed by atoms with van der Waals surface area (Å²) in [5.41, 5.74) is -0.805. The molecule has 1 amide bonds. The van der Waals surface area contributed by atoms with Gasteiger partial charge in [0.1, 0.15) is 0 Å². The van der Waals surface area contributed by atoms with Crippen molar-refractivity contribution in [1.29, 1.82) is 0 Å². The average Bonchev–Trinajstić information content (AvgIpc) is 3.00. The van der Waals surface area contributed by atoms with E-state index in [0.29, 0.717) is 12.8 Å². The van der Waals surface area contributed by atoms with Crippen LogP contribution in [0.4, 0.5) is 0 Å². The van der Waals surface area contributed by atoms with Crippen molar-refractivity contribution in [2.24, 2.45) is 5.92 Å². The van der Waals surface area contributed by atoms with Crippen molar-refractivity contribution in [3.8, 4) is 0 Å². The van der Waals surface area contributed by atoms with Crippen molar-refractivity contribution in [2.75, 3.05) is 0 Å². The summed E-state index contributed by atoms with van der Waals surface area (Å²) >= 11 is 1.54. The number of thiophene rings is 1. The topological polar surface area (TPSA) is 115 Å². The molecule has 8 heteroatoms. The summed E-state index contributed by atoms with van der Waals surface area (Å²) in [6, 6.07) is 4.81. The zero-order chi connectivity index (χ0) is 16.4. The molecule has 7 nitrogen and oxygen atoms in total. The van der Waals surface area contributed by atoms with E-state index in [9.17, 15) is 19.5 Å². The zero-order valence-electron chi connectivity index (χ0n) is 12.2. The summed E-state index contributed by atoms with van der Waals surface area (Å²) in [7, 11) is 0. The van der Waals surface area contributed by atoms with Crippen molar-refractivity contribution < 1.29 is 9.90 Å². The Morgan fingerprint density at radius 2 is 2.17 bits per heavy atom. The van der Waals surface area contributed by atoms with E-state index in [1.165, 1.54) is 0 Å². The van der Waals surface area contributed by atoms with Gasteiger partial charge in [-0.3, -0.25) is 24.6 Å². The van der Waals surface area contributed by atoms with Crippen LogP contribution in [0.15, 0.2) is 33.2 Å². The Morgan fingerprint density at radius 1 is 1.39 bits per heavy atom. The normalized spacial score (nSPS) is 21.4. The van der Waals surface area contributed by atoms with Crippen LogP contribution in [0.1, 0.15) is 29.3 Å². The summed E-state index contributed by atoms with van der Waals surface area (Å²) in [6.07, 6.45) is 0.828. The van der Waals surface area contributed by atoms with Gasteiger partial charge in [-0.25, -0.2) is 0 Å². The second-order valence-electron chi connectivity index (χ2n) is 5.74. The molecule has 0 spiro atoms. The molecular formula is C15H17N3O4S. The first-order chi connectivity index (χ1) is 11.0. The van der Waals surface area contributed by atoms with Gasteiger partial charge in [-0.2, -0.15) is 0 Å². The van der Waals surface area contributed by atoms with Gasteiger partial charge in [0, 0.05) is 16.5 Å². The molecule has 0 aliphatic heterocycles. The van der Waals surface area contributed by atoms with Crippen LogP contribution in [0.3, 0.4) is 0 Å². The average molecular weight is 335 g/mol. The standard InChI is InChI=1S/C15H17N3O4S/c19-10-4-8(5-10)14(11-2-1-3-23-11)16-12(20)6-9-7-13(21)17-18-15(9)22/h1-3,7-8,10,14,19H,4-6H2,(H,16,20)(H,17,21)(H,18,22)/t8?,10?,14-/m0/s1. The number of hydrogen-bond donors (Lipinski definition) is 4. The first-order valence-corrected chi connectivity index (χ1v) is 8.22. The van der Waals surface area contributed by atoms with Gasteiger partial charge in [-0.05, 0) is 30.2 Å². The molecule has 1 fully saturated rings. The van der Waals surface area contributed by atoms with Crippen molar-refractivity contribution in [2.45, 2.75) is 31.4 Å². The highest BCUT2D eigenvalue weighted by Crippen LogP contribution is 2.39. The van der Waals surface area contributed by atoms with Crippen LogP contribution in [0.5, 0.6) is 0 Å². The highest BCUT2D eigenvalue weighted by Gasteiger charge is 2.36. The van der Waals surface area contributed by atoms with E-state index in [2.05, 4.69) is 15.5 Å². The van der Waals surface area contributed by atoms with E-state index in [4.69, 9.17) is 0 Å². The third kappa shape index (κ3) is 3.59. The molecule has 2 aromatic heterocycles. The van der Waals surface area contributed by atoms with Gasteiger partial charge >= 0.3 is 0 Å². The molecule has 4 N–H and O–H groups in total. The number of nitrogens with one attached hydrogen (secondary N) is 3. The van der Waals surface area contributed by atoms with Gasteiger partial charge in [-0.1, -0.05) is 6.07 Å². The maximum atomic E-state index is 12.3.